The Balaban J connectivity index is 0.766. The monoisotopic (exact) mass is 1000 g/mol. The number of aliphatic hydroxyl groups is 1. The van der Waals surface area contributed by atoms with E-state index in [-0.39, 0.29) is 73.1 Å². The zero-order valence-electron chi connectivity index (χ0n) is 42.1. The van der Waals surface area contributed by atoms with Gasteiger partial charge >= 0.3 is 6.09 Å². The number of carbonyl (C=O) groups is 5. The first kappa shape index (κ1) is 50.1. The van der Waals surface area contributed by atoms with Crippen LogP contribution in [-0.4, -0.2) is 102 Å². The SMILES string of the molecule is COc1cc2c(cc1OCCCOc1cc3c(cc1C)C(=O)N1CC4(CC4)C[C@H]1C(O)N3C(=O)OCc1ccc(CC(=O)CNC(=O)[C@@H](N)Cc3ccccc3)cc1)CC[C@@H]1CC(c3ccc(C)cc3)=CN1C2=O. The Morgan fingerprint density at radius 1 is 0.838 bits per heavy atom. The maximum absolute atomic E-state index is 14.3. The largest absolute Gasteiger partial charge is 0.493 e. The molecule has 4 N–H and O–H groups in total. The van der Waals surface area contributed by atoms with Gasteiger partial charge in [0.05, 0.1) is 50.2 Å². The lowest BCUT2D eigenvalue weighted by molar-refractivity contribution is -0.125. The molecule has 0 bridgehead atoms. The molecule has 5 aliphatic rings. The van der Waals surface area contributed by atoms with Crippen molar-refractivity contribution in [3.63, 3.8) is 0 Å². The molecule has 0 radical (unpaired) electrons. The van der Waals surface area contributed by atoms with E-state index < -0.39 is 30.3 Å². The van der Waals surface area contributed by atoms with Crippen LogP contribution in [0.15, 0.2) is 109 Å². The zero-order valence-corrected chi connectivity index (χ0v) is 42.1. The van der Waals surface area contributed by atoms with E-state index in [4.69, 9.17) is 24.7 Å². The molecule has 5 aromatic rings. The lowest BCUT2D eigenvalue weighted by Gasteiger charge is -2.31. The minimum atomic E-state index is -1.38. The Morgan fingerprint density at radius 2 is 1.57 bits per heavy atom. The van der Waals surface area contributed by atoms with Crippen LogP contribution in [-0.2, 0) is 40.2 Å². The van der Waals surface area contributed by atoms with Crippen LogP contribution in [0, 0.1) is 19.3 Å². The number of methoxy groups -OCH3 is 1. The van der Waals surface area contributed by atoms with Gasteiger partial charge in [0.1, 0.15) is 12.4 Å². The molecule has 15 heteroatoms. The topological polar surface area (TPSA) is 190 Å². The summed E-state index contributed by atoms with van der Waals surface area (Å²) in [6.07, 6.45) is 5.51. The number of rotatable bonds is 17. The van der Waals surface area contributed by atoms with E-state index in [1.807, 2.05) is 54.4 Å². The van der Waals surface area contributed by atoms with Gasteiger partial charge in [-0.2, -0.15) is 0 Å². The molecule has 1 saturated carbocycles. The first-order chi connectivity index (χ1) is 35.8. The van der Waals surface area contributed by atoms with Gasteiger partial charge in [-0.25, -0.2) is 9.69 Å². The van der Waals surface area contributed by atoms with E-state index in [0.717, 1.165) is 47.9 Å². The predicted molar refractivity (Wildman–Crippen MR) is 278 cm³/mol. The van der Waals surface area contributed by atoms with E-state index >= 15 is 0 Å². The highest BCUT2D eigenvalue weighted by Crippen LogP contribution is 2.57. The van der Waals surface area contributed by atoms with E-state index in [9.17, 15) is 29.1 Å². The molecule has 0 aromatic heterocycles. The first-order valence-corrected chi connectivity index (χ1v) is 25.6. The number of anilines is 1. The molecule has 5 aromatic carbocycles. The number of nitrogens with zero attached hydrogens (tertiary/aromatic N) is 3. The molecule has 74 heavy (non-hydrogen) atoms. The van der Waals surface area contributed by atoms with Crippen LogP contribution >= 0.6 is 0 Å². The van der Waals surface area contributed by atoms with Crippen LogP contribution in [0.4, 0.5) is 10.5 Å². The second-order valence-electron chi connectivity index (χ2n) is 20.6. The molecule has 1 spiro atoms. The standard InChI is InChI=1S/C59H63N5O10/c1-36-10-16-41(17-11-36)43-27-44-19-18-42-28-53(52(71-3)29-46(42)55(67)62(44)33-43)73-23-7-22-72-51-30-49-47(24-37(51)2)56(68)63-35-59(20-21-59)31-50(63)57(69)64(49)58(70)74-34-40-14-12-39(13-15-40)25-45(65)32-61-54(66)48(60)26-38-8-5-4-6-9-38/h4-6,8-17,24,28-30,33,44,48,50,57,69H,7,18-23,25-27,31-32,34-35,60H2,1-3H3,(H,61,66)/t44-,48+,50+,57?/m1/s1. The van der Waals surface area contributed by atoms with Gasteiger partial charge in [-0.3, -0.25) is 19.2 Å². The van der Waals surface area contributed by atoms with E-state index in [0.29, 0.717) is 71.7 Å². The maximum Gasteiger partial charge on any atom is 0.416 e. The number of hydrogen-bond donors (Lipinski definition) is 3. The van der Waals surface area contributed by atoms with Gasteiger partial charge in [-0.05, 0) is 121 Å². The van der Waals surface area contributed by atoms with Crippen molar-refractivity contribution in [3.05, 3.63) is 159 Å². The molecule has 4 aliphatic heterocycles. The summed E-state index contributed by atoms with van der Waals surface area (Å²) in [7, 11) is 1.56. The number of nitrogens with two attached hydrogens (primary N) is 1. The average molecular weight is 1000 g/mol. The summed E-state index contributed by atoms with van der Waals surface area (Å²) in [6, 6.07) is 30.6. The molecular formula is C59H63N5O10. The van der Waals surface area contributed by atoms with E-state index in [1.54, 1.807) is 54.5 Å². The number of hydrogen-bond acceptors (Lipinski definition) is 11. The van der Waals surface area contributed by atoms with E-state index in [1.165, 1.54) is 10.5 Å². The third-order valence-corrected chi connectivity index (χ3v) is 15.2. The molecule has 384 valence electrons. The number of benzene rings is 5. The van der Waals surface area contributed by atoms with Crippen LogP contribution in [0.2, 0.25) is 0 Å². The van der Waals surface area contributed by atoms with Gasteiger partial charge in [0.25, 0.3) is 11.8 Å². The number of ether oxygens (including phenoxy) is 4. The van der Waals surface area contributed by atoms with Gasteiger partial charge in [0, 0.05) is 43.3 Å². The fourth-order valence-corrected chi connectivity index (χ4v) is 10.8. The minimum absolute atomic E-state index is 0.0498. The second-order valence-corrected chi connectivity index (χ2v) is 20.6. The summed E-state index contributed by atoms with van der Waals surface area (Å²) in [4.78, 5) is 72.6. The summed E-state index contributed by atoms with van der Waals surface area (Å²) < 4.78 is 24.2. The molecule has 1 saturated heterocycles. The van der Waals surface area contributed by atoms with Gasteiger partial charge in [-0.15, -0.1) is 0 Å². The third-order valence-electron chi connectivity index (χ3n) is 15.2. The zero-order chi connectivity index (χ0) is 51.7. The van der Waals surface area contributed by atoms with Crippen molar-refractivity contribution < 1.29 is 48.0 Å². The third kappa shape index (κ3) is 10.6. The van der Waals surface area contributed by atoms with E-state index in [2.05, 4.69) is 36.5 Å². The Bertz CT molecular complexity index is 2990. The number of fused-ring (bicyclic) bond motifs is 4. The summed E-state index contributed by atoms with van der Waals surface area (Å²) >= 11 is 0. The molecule has 4 atom stereocenters. The van der Waals surface area contributed by atoms with Crippen molar-refractivity contribution >= 4 is 40.9 Å². The highest BCUT2D eigenvalue weighted by molar-refractivity contribution is 6.06. The summed E-state index contributed by atoms with van der Waals surface area (Å²) in [5, 5.41) is 14.7. The average Bonchev–Trinajstić information content (AvgIpc) is 3.91. The van der Waals surface area contributed by atoms with Gasteiger partial charge in [0.2, 0.25) is 5.91 Å². The van der Waals surface area contributed by atoms with Crippen molar-refractivity contribution in [2.24, 2.45) is 11.1 Å². The second kappa shape index (κ2) is 21.2. The van der Waals surface area contributed by atoms with Crippen LogP contribution in [0.1, 0.15) is 98.2 Å². The molecule has 10 rings (SSSR count). The Morgan fingerprint density at radius 3 is 2.30 bits per heavy atom. The van der Waals surface area contributed by atoms with Gasteiger partial charge < -0.3 is 44.9 Å². The predicted octanol–water partition coefficient (Wildman–Crippen LogP) is 7.63. The maximum atomic E-state index is 14.3. The Kier molecular flexibility index (Phi) is 14.3. The minimum Gasteiger partial charge on any atom is -0.493 e. The highest BCUT2D eigenvalue weighted by atomic mass is 16.6. The molecule has 1 unspecified atom stereocenters. The normalized spacial score (nSPS) is 19.6. The fourth-order valence-electron chi connectivity index (χ4n) is 10.8. The fraction of sp³-hybridized carbons (Fsp3) is 0.373. The highest BCUT2D eigenvalue weighted by Gasteiger charge is 2.58. The number of nitrogens with one attached hydrogen (secondary N) is 1. The van der Waals surface area contributed by atoms with Crippen molar-refractivity contribution in [2.45, 2.75) is 103 Å². The molecule has 1 aliphatic carbocycles. The van der Waals surface area contributed by atoms with Gasteiger partial charge in [-0.1, -0.05) is 84.4 Å². The van der Waals surface area contributed by atoms with Crippen molar-refractivity contribution in [3.8, 4) is 17.2 Å². The molecule has 4 heterocycles. The first-order valence-electron chi connectivity index (χ1n) is 25.6. The number of ketones is 1. The molecule has 4 amide bonds. The van der Waals surface area contributed by atoms with Crippen molar-refractivity contribution in [1.29, 1.82) is 0 Å². The van der Waals surface area contributed by atoms with Gasteiger partial charge in [0.15, 0.2) is 23.5 Å². The summed E-state index contributed by atoms with van der Waals surface area (Å²) in [5.41, 5.74) is 14.5. The smallest absolute Gasteiger partial charge is 0.416 e. The Labute approximate surface area is 431 Å². The molecule has 2 fully saturated rings. The number of aryl methyl sites for hydroxylation is 3. The number of Topliss-reactive ketones (excluding diaryl/α,β-unsaturated/α-hetero) is 1. The number of carbonyl (C=O) groups excluding carboxylic acids is 5. The summed E-state index contributed by atoms with van der Waals surface area (Å²) in [6.45, 7) is 4.62. The number of aliphatic hydroxyl groups excluding tert-OH is 1. The molecular weight excluding hydrogens is 939 g/mol. The van der Waals surface area contributed by atoms with Crippen LogP contribution in [0.5, 0.6) is 17.2 Å². The van der Waals surface area contributed by atoms with Crippen molar-refractivity contribution in [2.75, 3.05) is 38.3 Å². The van der Waals surface area contributed by atoms with Crippen LogP contribution in [0.25, 0.3) is 5.57 Å². The van der Waals surface area contributed by atoms with Crippen LogP contribution in [0.3, 0.4) is 0 Å². The van der Waals surface area contributed by atoms with Crippen LogP contribution < -0.4 is 30.2 Å². The molecule has 15 nitrogen and oxygen atoms in total. The Hall–Kier alpha value is -7.49. The summed E-state index contributed by atoms with van der Waals surface area (Å²) in [5.74, 6) is 0.535. The van der Waals surface area contributed by atoms with Crippen molar-refractivity contribution in [1.82, 2.24) is 15.1 Å². The lowest BCUT2D eigenvalue weighted by atomic mass is 9.97. The number of amides is 4. The lowest BCUT2D eigenvalue weighted by Crippen LogP contribution is -2.50. The quantitative estimate of drug-likeness (QED) is 0.0777.